The van der Waals surface area contributed by atoms with Crippen LogP contribution in [-0.2, 0) is 6.42 Å². The molecule has 2 aromatic rings. The third kappa shape index (κ3) is 14.5. The van der Waals surface area contributed by atoms with Crippen molar-refractivity contribution in [1.82, 2.24) is 9.97 Å². The first-order valence-electron chi connectivity index (χ1n) is 15.3. The number of hydrogen-bond donors (Lipinski definition) is 0. The molecule has 0 amide bonds. The minimum Gasteiger partial charge on any atom is -0.458 e. The van der Waals surface area contributed by atoms with Crippen LogP contribution in [0.15, 0.2) is 36.7 Å². The highest BCUT2D eigenvalue weighted by atomic mass is 19.2. The van der Waals surface area contributed by atoms with Crippen molar-refractivity contribution in [2.75, 3.05) is 0 Å². The predicted octanol–water partition coefficient (Wildman–Crippen LogP) is 10.8. The molecule has 0 fully saturated rings. The molecule has 4 heteroatoms. The van der Waals surface area contributed by atoms with Gasteiger partial charge >= 0.3 is 0 Å². The van der Waals surface area contributed by atoms with Crippen molar-refractivity contribution >= 4 is 0 Å². The summed E-state index contributed by atoms with van der Waals surface area (Å²) < 4.78 is 20.6. The van der Waals surface area contributed by atoms with E-state index in [-0.39, 0.29) is 0 Å². The lowest BCUT2D eigenvalue weighted by Crippen LogP contribution is -2.26. The number of alkyl halides is 1. The number of nitrogens with zero attached hydrogens (tertiary/aromatic N) is 2. The summed E-state index contributed by atoms with van der Waals surface area (Å²) in [6.07, 6.45) is 27.0. The van der Waals surface area contributed by atoms with Gasteiger partial charge in [-0.3, -0.25) is 0 Å². The predicted molar refractivity (Wildman–Crippen MR) is 156 cm³/mol. The SMILES string of the molecule is CCCCCCCCCCCC(C)(F)Oc1ccc(-c2ncc(CCCCCCCCCC)cn2)cc1. The molecule has 1 heterocycles. The summed E-state index contributed by atoms with van der Waals surface area (Å²) in [6.45, 7) is 6.05. The van der Waals surface area contributed by atoms with Crippen LogP contribution in [0, 0.1) is 0 Å². The van der Waals surface area contributed by atoms with Crippen LogP contribution >= 0.6 is 0 Å². The summed E-state index contributed by atoms with van der Waals surface area (Å²) in [6, 6.07) is 7.47. The maximum atomic E-state index is 14.9. The van der Waals surface area contributed by atoms with E-state index in [1.165, 1.54) is 102 Å². The van der Waals surface area contributed by atoms with Gasteiger partial charge in [0.2, 0.25) is 5.85 Å². The Morgan fingerprint density at radius 2 is 1.11 bits per heavy atom. The Balaban J connectivity index is 1.65. The third-order valence-corrected chi connectivity index (χ3v) is 7.19. The molecule has 1 aromatic carbocycles. The molecular weight excluding hydrogens is 459 g/mol. The number of rotatable bonds is 22. The van der Waals surface area contributed by atoms with Gasteiger partial charge in [-0.15, -0.1) is 0 Å². The van der Waals surface area contributed by atoms with Gasteiger partial charge in [0, 0.05) is 31.3 Å². The third-order valence-electron chi connectivity index (χ3n) is 7.19. The van der Waals surface area contributed by atoms with Gasteiger partial charge in [0.15, 0.2) is 5.82 Å². The molecule has 0 radical (unpaired) electrons. The van der Waals surface area contributed by atoms with Crippen LogP contribution in [0.25, 0.3) is 11.4 Å². The van der Waals surface area contributed by atoms with E-state index in [9.17, 15) is 4.39 Å². The highest BCUT2D eigenvalue weighted by molar-refractivity contribution is 5.55. The van der Waals surface area contributed by atoms with Crippen LogP contribution in [0.3, 0.4) is 0 Å². The van der Waals surface area contributed by atoms with Gasteiger partial charge in [-0.05, 0) is 49.1 Å². The molecule has 0 saturated heterocycles. The highest BCUT2D eigenvalue weighted by Crippen LogP contribution is 2.27. The van der Waals surface area contributed by atoms with Crippen molar-refractivity contribution in [3.05, 3.63) is 42.2 Å². The van der Waals surface area contributed by atoms with Crippen LogP contribution in [0.4, 0.5) is 4.39 Å². The topological polar surface area (TPSA) is 35.0 Å². The van der Waals surface area contributed by atoms with Crippen LogP contribution in [-0.4, -0.2) is 15.8 Å². The molecule has 0 spiro atoms. The first kappa shape index (κ1) is 31.2. The first-order chi connectivity index (χ1) is 18.0. The van der Waals surface area contributed by atoms with Crippen LogP contribution in [0.2, 0.25) is 0 Å². The van der Waals surface area contributed by atoms with Gasteiger partial charge in [-0.1, -0.05) is 110 Å². The van der Waals surface area contributed by atoms with Crippen molar-refractivity contribution in [1.29, 1.82) is 0 Å². The smallest absolute Gasteiger partial charge is 0.245 e. The molecule has 2 rings (SSSR count). The lowest BCUT2D eigenvalue weighted by Gasteiger charge is -2.22. The lowest BCUT2D eigenvalue weighted by atomic mass is 10.0. The number of ether oxygens (including phenoxy) is 1. The minimum atomic E-state index is -1.64. The molecule has 37 heavy (non-hydrogen) atoms. The largest absolute Gasteiger partial charge is 0.458 e. The highest BCUT2D eigenvalue weighted by Gasteiger charge is 2.24. The second-order valence-corrected chi connectivity index (χ2v) is 10.9. The van der Waals surface area contributed by atoms with Crippen molar-refractivity contribution in [2.24, 2.45) is 0 Å². The normalized spacial score (nSPS) is 13.0. The van der Waals surface area contributed by atoms with E-state index in [1.807, 2.05) is 36.7 Å². The molecule has 1 aromatic heterocycles. The Labute approximate surface area is 227 Å². The fourth-order valence-electron chi connectivity index (χ4n) is 4.82. The number of hydrogen-bond acceptors (Lipinski definition) is 3. The maximum absolute atomic E-state index is 14.9. The second kappa shape index (κ2) is 19.2. The first-order valence-corrected chi connectivity index (χ1v) is 15.3. The van der Waals surface area contributed by atoms with E-state index in [0.29, 0.717) is 18.0 Å². The van der Waals surface area contributed by atoms with E-state index in [2.05, 4.69) is 23.8 Å². The molecule has 3 nitrogen and oxygen atoms in total. The van der Waals surface area contributed by atoms with Crippen molar-refractivity contribution in [2.45, 2.75) is 149 Å². The van der Waals surface area contributed by atoms with Crippen molar-refractivity contribution in [3.63, 3.8) is 0 Å². The molecule has 1 atom stereocenters. The van der Waals surface area contributed by atoms with Crippen molar-refractivity contribution < 1.29 is 9.13 Å². The maximum Gasteiger partial charge on any atom is 0.245 e. The van der Waals surface area contributed by atoms with Crippen LogP contribution in [0.1, 0.15) is 142 Å². The fourth-order valence-corrected chi connectivity index (χ4v) is 4.82. The zero-order valence-corrected chi connectivity index (χ0v) is 24.1. The molecule has 208 valence electrons. The summed E-state index contributed by atoms with van der Waals surface area (Å²) in [5, 5.41) is 0. The Morgan fingerprint density at radius 1 is 0.649 bits per heavy atom. The zero-order chi connectivity index (χ0) is 26.6. The van der Waals surface area contributed by atoms with E-state index in [1.54, 1.807) is 6.92 Å². The van der Waals surface area contributed by atoms with Gasteiger partial charge in [0.05, 0.1) is 0 Å². The van der Waals surface area contributed by atoms with Crippen LogP contribution in [0.5, 0.6) is 5.75 Å². The molecule has 1 unspecified atom stereocenters. The fraction of sp³-hybridized carbons (Fsp3) is 0.697. The second-order valence-electron chi connectivity index (χ2n) is 10.9. The number of unbranched alkanes of at least 4 members (excludes halogenated alkanes) is 15. The number of halogens is 1. The molecule has 0 N–H and O–H groups in total. The van der Waals surface area contributed by atoms with E-state index >= 15 is 0 Å². The summed E-state index contributed by atoms with van der Waals surface area (Å²) in [7, 11) is 0. The zero-order valence-electron chi connectivity index (χ0n) is 24.1. The van der Waals surface area contributed by atoms with E-state index in [0.717, 1.165) is 24.8 Å². The van der Waals surface area contributed by atoms with Gasteiger partial charge in [-0.2, -0.15) is 4.39 Å². The Bertz CT molecular complexity index is 804. The molecule has 0 saturated carbocycles. The molecule has 0 aliphatic heterocycles. The quantitative estimate of drug-likeness (QED) is 0.147. The Morgan fingerprint density at radius 3 is 1.62 bits per heavy atom. The Hall–Kier alpha value is -1.97. The van der Waals surface area contributed by atoms with E-state index < -0.39 is 5.85 Å². The van der Waals surface area contributed by atoms with Gasteiger partial charge < -0.3 is 4.74 Å². The monoisotopic (exact) mass is 512 g/mol. The van der Waals surface area contributed by atoms with Gasteiger partial charge in [-0.25, -0.2) is 9.97 Å². The van der Waals surface area contributed by atoms with Gasteiger partial charge in [0.25, 0.3) is 0 Å². The molecule has 0 bridgehead atoms. The number of aryl methyl sites for hydroxylation is 1. The molecule has 0 aliphatic carbocycles. The molecule has 0 aliphatic rings. The van der Waals surface area contributed by atoms with Crippen LogP contribution < -0.4 is 4.74 Å². The van der Waals surface area contributed by atoms with Crippen molar-refractivity contribution in [3.8, 4) is 17.1 Å². The summed E-state index contributed by atoms with van der Waals surface area (Å²) in [5.74, 6) is -0.393. The lowest BCUT2D eigenvalue weighted by molar-refractivity contribution is -0.0530. The Kier molecular flexibility index (Phi) is 16.2. The summed E-state index contributed by atoms with van der Waals surface area (Å²) in [4.78, 5) is 9.12. The number of benzene rings is 1. The average molecular weight is 513 g/mol. The van der Waals surface area contributed by atoms with Gasteiger partial charge in [0.1, 0.15) is 5.75 Å². The minimum absolute atomic E-state index is 0.425. The average Bonchev–Trinajstić information content (AvgIpc) is 2.90. The van der Waals surface area contributed by atoms with E-state index in [4.69, 9.17) is 4.74 Å². The standard InChI is InChI=1S/C33H53FN2O/c1-4-6-8-10-12-14-16-18-20-26-33(3,34)37-31-24-22-30(23-25-31)32-35-27-29(28-36-32)21-19-17-15-13-11-9-7-5-2/h22-25,27-28H,4-21,26H2,1-3H3. The summed E-state index contributed by atoms with van der Waals surface area (Å²) >= 11 is 0. The number of aromatic nitrogens is 2. The summed E-state index contributed by atoms with van der Waals surface area (Å²) in [5.41, 5.74) is 2.12. The molecular formula is C33H53FN2O.